The largest absolute Gasteiger partial charge is 0.481 e. The Morgan fingerprint density at radius 2 is 1.87 bits per heavy atom. The lowest BCUT2D eigenvalue weighted by Gasteiger charge is -2.28. The second-order valence-corrected chi connectivity index (χ2v) is 7.47. The summed E-state index contributed by atoms with van der Waals surface area (Å²) < 4.78 is 27.7. The van der Waals surface area contributed by atoms with E-state index in [0.717, 1.165) is 10.8 Å². The van der Waals surface area contributed by atoms with Gasteiger partial charge in [-0.3, -0.25) is 4.79 Å². The maximum Gasteiger partial charge on any atom is 0.307 e. The fourth-order valence-electron chi connectivity index (χ4n) is 2.84. The van der Waals surface area contributed by atoms with Gasteiger partial charge < -0.3 is 10.4 Å². The van der Waals surface area contributed by atoms with Gasteiger partial charge in [-0.1, -0.05) is 30.3 Å². The lowest BCUT2D eigenvalue weighted by Crippen LogP contribution is -2.50. The normalized spacial score (nSPS) is 22.1. The zero-order chi connectivity index (χ0) is 16.4. The minimum atomic E-state index is -3.68. The van der Waals surface area contributed by atoms with E-state index in [4.69, 9.17) is 5.11 Å². The van der Waals surface area contributed by atoms with Crippen LogP contribution in [0.2, 0.25) is 0 Å². The second-order valence-electron chi connectivity index (χ2n) is 5.76. The van der Waals surface area contributed by atoms with Gasteiger partial charge in [-0.2, -0.15) is 0 Å². The zero-order valence-electron chi connectivity index (χ0n) is 12.4. The molecule has 0 aromatic heterocycles. The molecule has 1 saturated heterocycles. The Labute approximate surface area is 134 Å². The fourth-order valence-corrected chi connectivity index (χ4v) is 4.13. The first kappa shape index (κ1) is 15.9. The highest BCUT2D eigenvalue weighted by Gasteiger charge is 2.29. The van der Waals surface area contributed by atoms with Gasteiger partial charge in [-0.05, 0) is 29.3 Å². The van der Waals surface area contributed by atoms with E-state index in [0.29, 0.717) is 13.1 Å². The molecule has 0 saturated carbocycles. The molecule has 0 bridgehead atoms. The molecule has 1 heterocycles. The smallest absolute Gasteiger partial charge is 0.307 e. The molecule has 1 aliphatic rings. The van der Waals surface area contributed by atoms with Gasteiger partial charge in [0.25, 0.3) is 0 Å². The summed E-state index contributed by atoms with van der Waals surface area (Å²) in [5, 5.41) is 13.9. The van der Waals surface area contributed by atoms with Gasteiger partial charge in [0.2, 0.25) is 10.0 Å². The van der Waals surface area contributed by atoms with Crippen LogP contribution in [-0.2, 0) is 14.8 Å². The van der Waals surface area contributed by atoms with Crippen molar-refractivity contribution in [2.75, 3.05) is 13.1 Å². The van der Waals surface area contributed by atoms with Crippen LogP contribution in [0.25, 0.3) is 10.8 Å². The molecule has 1 fully saturated rings. The number of piperidine rings is 1. The van der Waals surface area contributed by atoms with E-state index in [2.05, 4.69) is 10.0 Å². The summed E-state index contributed by atoms with van der Waals surface area (Å²) in [4.78, 5) is 11.3. The van der Waals surface area contributed by atoms with Crippen molar-refractivity contribution in [2.45, 2.75) is 17.4 Å². The molecule has 0 spiro atoms. The molecule has 122 valence electrons. The summed E-state index contributed by atoms with van der Waals surface area (Å²) in [5.41, 5.74) is 0. The van der Waals surface area contributed by atoms with E-state index in [9.17, 15) is 13.2 Å². The van der Waals surface area contributed by atoms with E-state index in [1.165, 1.54) is 0 Å². The zero-order valence-corrected chi connectivity index (χ0v) is 13.2. The van der Waals surface area contributed by atoms with Crippen molar-refractivity contribution in [3.05, 3.63) is 42.5 Å². The number of hydrogen-bond acceptors (Lipinski definition) is 4. The highest BCUT2D eigenvalue weighted by molar-refractivity contribution is 7.89. The van der Waals surface area contributed by atoms with Gasteiger partial charge in [0.15, 0.2) is 0 Å². The number of fused-ring (bicyclic) bond motifs is 1. The molecular weight excluding hydrogens is 316 g/mol. The van der Waals surface area contributed by atoms with Gasteiger partial charge >= 0.3 is 5.97 Å². The Morgan fingerprint density at radius 3 is 2.61 bits per heavy atom. The summed E-state index contributed by atoms with van der Waals surface area (Å²) in [6.07, 6.45) is 0.287. The SMILES string of the molecule is O=C(O)[C@@H]1CNC[C@H](NS(=O)(=O)c2ccc3ccccc3c2)C1. The quantitative estimate of drug-likeness (QED) is 0.780. The monoisotopic (exact) mass is 334 g/mol. The summed E-state index contributed by atoms with van der Waals surface area (Å²) in [6, 6.07) is 12.1. The Hall–Kier alpha value is -1.96. The van der Waals surface area contributed by atoms with E-state index >= 15 is 0 Å². The third kappa shape index (κ3) is 3.52. The van der Waals surface area contributed by atoms with Crippen LogP contribution >= 0.6 is 0 Å². The topological polar surface area (TPSA) is 95.5 Å². The summed E-state index contributed by atoms with van der Waals surface area (Å²) >= 11 is 0. The molecule has 23 heavy (non-hydrogen) atoms. The summed E-state index contributed by atoms with van der Waals surface area (Å²) in [5.74, 6) is -1.49. The first-order valence-electron chi connectivity index (χ1n) is 7.40. The lowest BCUT2D eigenvalue weighted by molar-refractivity contribution is -0.142. The Balaban J connectivity index is 1.81. The molecule has 6 nitrogen and oxygen atoms in total. The predicted octanol–water partition coefficient (Wildman–Crippen LogP) is 1.18. The van der Waals surface area contributed by atoms with Crippen molar-refractivity contribution >= 4 is 26.8 Å². The summed E-state index contributed by atoms with van der Waals surface area (Å²) in [7, 11) is -3.68. The number of sulfonamides is 1. The van der Waals surface area contributed by atoms with Crippen LogP contribution in [0.3, 0.4) is 0 Å². The number of benzene rings is 2. The van der Waals surface area contributed by atoms with Gasteiger partial charge in [0.05, 0.1) is 10.8 Å². The first-order chi connectivity index (χ1) is 11.0. The summed E-state index contributed by atoms with van der Waals surface area (Å²) in [6.45, 7) is 0.792. The molecule has 0 radical (unpaired) electrons. The molecule has 0 unspecified atom stereocenters. The lowest BCUT2D eigenvalue weighted by atomic mass is 9.97. The molecule has 1 aliphatic heterocycles. The molecule has 0 aliphatic carbocycles. The maximum absolute atomic E-state index is 12.5. The average molecular weight is 334 g/mol. The Kier molecular flexibility index (Phi) is 4.34. The maximum atomic E-state index is 12.5. The number of carboxylic acid groups (broad SMARTS) is 1. The average Bonchev–Trinajstić information content (AvgIpc) is 2.54. The third-order valence-electron chi connectivity index (χ3n) is 4.05. The number of hydrogen-bond donors (Lipinski definition) is 3. The van der Waals surface area contributed by atoms with E-state index in [1.54, 1.807) is 18.2 Å². The minimum Gasteiger partial charge on any atom is -0.481 e. The second kappa shape index (κ2) is 6.27. The molecule has 2 atom stereocenters. The van der Waals surface area contributed by atoms with Gasteiger partial charge in [-0.15, -0.1) is 0 Å². The number of carboxylic acids is 1. The van der Waals surface area contributed by atoms with Crippen molar-refractivity contribution in [2.24, 2.45) is 5.92 Å². The molecule has 0 amide bonds. The van der Waals surface area contributed by atoms with E-state index in [1.807, 2.05) is 24.3 Å². The Morgan fingerprint density at radius 1 is 1.13 bits per heavy atom. The first-order valence-corrected chi connectivity index (χ1v) is 8.89. The third-order valence-corrected chi connectivity index (χ3v) is 5.57. The van der Waals surface area contributed by atoms with Crippen LogP contribution in [-0.4, -0.2) is 38.6 Å². The Bertz CT molecular complexity index is 835. The number of carbonyl (C=O) groups is 1. The van der Waals surface area contributed by atoms with Crippen LogP contribution < -0.4 is 10.0 Å². The van der Waals surface area contributed by atoms with Crippen LogP contribution in [0.15, 0.2) is 47.4 Å². The van der Waals surface area contributed by atoms with Crippen molar-refractivity contribution in [3.63, 3.8) is 0 Å². The highest BCUT2D eigenvalue weighted by atomic mass is 32.2. The number of rotatable bonds is 4. The molecule has 2 aromatic carbocycles. The fraction of sp³-hybridized carbons (Fsp3) is 0.312. The van der Waals surface area contributed by atoms with Crippen LogP contribution in [0.5, 0.6) is 0 Å². The van der Waals surface area contributed by atoms with Crippen molar-refractivity contribution in [1.29, 1.82) is 0 Å². The number of nitrogens with one attached hydrogen (secondary N) is 2. The number of aliphatic carboxylic acids is 1. The van der Waals surface area contributed by atoms with Crippen LogP contribution in [0.4, 0.5) is 0 Å². The van der Waals surface area contributed by atoms with Crippen molar-refractivity contribution in [1.82, 2.24) is 10.0 Å². The van der Waals surface area contributed by atoms with Gasteiger partial charge in [0.1, 0.15) is 0 Å². The molecular formula is C16H18N2O4S. The van der Waals surface area contributed by atoms with Gasteiger partial charge in [0, 0.05) is 19.1 Å². The highest BCUT2D eigenvalue weighted by Crippen LogP contribution is 2.20. The molecule has 3 N–H and O–H groups in total. The standard InChI is InChI=1S/C16H18N2O4S/c19-16(20)13-7-14(10-17-9-13)18-23(21,22)15-6-5-11-3-1-2-4-12(11)8-15/h1-6,8,13-14,17-18H,7,9-10H2,(H,19,20)/t13-,14+/m0/s1. The van der Waals surface area contributed by atoms with Crippen molar-refractivity contribution in [3.8, 4) is 0 Å². The van der Waals surface area contributed by atoms with E-state index in [-0.39, 0.29) is 11.3 Å². The van der Waals surface area contributed by atoms with Crippen LogP contribution in [0.1, 0.15) is 6.42 Å². The molecule has 7 heteroatoms. The van der Waals surface area contributed by atoms with E-state index < -0.39 is 28.0 Å². The predicted molar refractivity (Wildman–Crippen MR) is 86.7 cm³/mol. The van der Waals surface area contributed by atoms with Crippen molar-refractivity contribution < 1.29 is 18.3 Å². The minimum absolute atomic E-state index is 0.189. The van der Waals surface area contributed by atoms with Gasteiger partial charge in [-0.25, -0.2) is 13.1 Å². The van der Waals surface area contributed by atoms with Crippen LogP contribution in [0, 0.1) is 5.92 Å². The molecule has 3 rings (SSSR count). The molecule has 2 aromatic rings.